The van der Waals surface area contributed by atoms with Gasteiger partial charge in [-0.15, -0.1) is 0 Å². The van der Waals surface area contributed by atoms with Crippen LogP contribution in [-0.4, -0.2) is 25.8 Å². The minimum atomic E-state index is -0.139. The van der Waals surface area contributed by atoms with Crippen LogP contribution < -0.4 is 11.1 Å². The van der Waals surface area contributed by atoms with Crippen molar-refractivity contribution in [2.24, 2.45) is 5.73 Å². The summed E-state index contributed by atoms with van der Waals surface area (Å²) in [5.74, 6) is 0. The number of ether oxygens (including phenoxy) is 1. The Morgan fingerprint density at radius 3 is 2.69 bits per heavy atom. The molecule has 0 saturated heterocycles. The van der Waals surface area contributed by atoms with Gasteiger partial charge in [-0.25, -0.2) is 0 Å². The van der Waals surface area contributed by atoms with Crippen LogP contribution in [0.1, 0.15) is 13.3 Å². The van der Waals surface area contributed by atoms with Gasteiger partial charge in [0, 0.05) is 36.0 Å². The average molecular weight is 287 g/mol. The lowest BCUT2D eigenvalue weighted by Gasteiger charge is -2.30. The molecule has 0 aromatic heterocycles. The third-order valence-electron chi connectivity index (χ3n) is 2.62. The summed E-state index contributed by atoms with van der Waals surface area (Å²) < 4.78 is 6.15. The summed E-state index contributed by atoms with van der Waals surface area (Å²) in [5.41, 5.74) is 6.73. The number of hydrogen-bond acceptors (Lipinski definition) is 3. The number of methoxy groups -OCH3 is 1. The molecular formula is C12H19BrN2O. The number of anilines is 1. The molecule has 1 aromatic rings. The lowest BCUT2D eigenvalue weighted by atomic mass is 9.98. The molecule has 0 radical (unpaired) electrons. The highest BCUT2D eigenvalue weighted by atomic mass is 79.9. The van der Waals surface area contributed by atoms with Crippen LogP contribution >= 0.6 is 15.9 Å². The van der Waals surface area contributed by atoms with Crippen LogP contribution in [0.4, 0.5) is 5.69 Å². The van der Waals surface area contributed by atoms with Crippen LogP contribution in [0.15, 0.2) is 28.7 Å². The number of benzene rings is 1. The second kappa shape index (κ2) is 6.23. The number of halogens is 1. The third kappa shape index (κ3) is 3.77. The van der Waals surface area contributed by atoms with Crippen LogP contribution in [-0.2, 0) is 4.74 Å². The highest BCUT2D eigenvalue weighted by Crippen LogP contribution is 2.25. The fraction of sp³-hybridized carbons (Fsp3) is 0.500. The molecule has 0 aliphatic carbocycles. The van der Waals surface area contributed by atoms with Gasteiger partial charge in [0.15, 0.2) is 0 Å². The minimum Gasteiger partial charge on any atom is -0.385 e. The standard InChI is InChI=1S/C12H19BrN2O/c1-12(9-14,7-8-16-2)15-11-6-4-3-5-10(11)13/h3-6,15H,7-9,14H2,1-2H3. The zero-order valence-electron chi connectivity index (χ0n) is 9.79. The maximum absolute atomic E-state index is 5.81. The van der Waals surface area contributed by atoms with Crippen molar-refractivity contribution in [2.45, 2.75) is 18.9 Å². The van der Waals surface area contributed by atoms with Crippen molar-refractivity contribution in [2.75, 3.05) is 25.6 Å². The van der Waals surface area contributed by atoms with Gasteiger partial charge in [0.05, 0.1) is 0 Å². The second-order valence-electron chi connectivity index (χ2n) is 4.11. The van der Waals surface area contributed by atoms with E-state index < -0.39 is 0 Å². The predicted octanol–water partition coefficient (Wildman–Crippen LogP) is 2.61. The van der Waals surface area contributed by atoms with E-state index in [1.807, 2.05) is 24.3 Å². The summed E-state index contributed by atoms with van der Waals surface area (Å²) in [6, 6.07) is 8.03. The molecule has 1 unspecified atom stereocenters. The summed E-state index contributed by atoms with van der Waals surface area (Å²) >= 11 is 3.51. The molecule has 4 heteroatoms. The van der Waals surface area contributed by atoms with Gasteiger partial charge in [-0.3, -0.25) is 0 Å². The van der Waals surface area contributed by atoms with Gasteiger partial charge in [-0.2, -0.15) is 0 Å². The molecule has 16 heavy (non-hydrogen) atoms. The van der Waals surface area contributed by atoms with Crippen molar-refractivity contribution in [1.29, 1.82) is 0 Å². The smallest absolute Gasteiger partial charge is 0.0489 e. The summed E-state index contributed by atoms with van der Waals surface area (Å²) in [7, 11) is 1.70. The maximum atomic E-state index is 5.81. The Morgan fingerprint density at radius 2 is 2.12 bits per heavy atom. The van der Waals surface area contributed by atoms with E-state index in [4.69, 9.17) is 10.5 Å². The third-order valence-corrected chi connectivity index (χ3v) is 3.31. The molecule has 1 atom stereocenters. The predicted molar refractivity (Wildman–Crippen MR) is 71.7 cm³/mol. The van der Waals surface area contributed by atoms with E-state index >= 15 is 0 Å². The molecule has 0 aliphatic heterocycles. The first kappa shape index (κ1) is 13.5. The first-order chi connectivity index (χ1) is 7.61. The van der Waals surface area contributed by atoms with Gasteiger partial charge in [0.2, 0.25) is 0 Å². The van der Waals surface area contributed by atoms with E-state index in [0.717, 1.165) is 16.6 Å². The molecule has 0 saturated carbocycles. The van der Waals surface area contributed by atoms with Crippen molar-refractivity contribution < 1.29 is 4.74 Å². The first-order valence-electron chi connectivity index (χ1n) is 5.33. The molecule has 1 rings (SSSR count). The van der Waals surface area contributed by atoms with E-state index in [1.165, 1.54) is 0 Å². The number of nitrogens with one attached hydrogen (secondary N) is 1. The van der Waals surface area contributed by atoms with Gasteiger partial charge in [-0.05, 0) is 41.4 Å². The van der Waals surface area contributed by atoms with Crippen molar-refractivity contribution in [3.05, 3.63) is 28.7 Å². The summed E-state index contributed by atoms with van der Waals surface area (Å²) in [6.45, 7) is 3.37. The molecule has 3 N–H and O–H groups in total. The van der Waals surface area contributed by atoms with E-state index in [2.05, 4.69) is 28.2 Å². The highest BCUT2D eigenvalue weighted by Gasteiger charge is 2.22. The van der Waals surface area contributed by atoms with Gasteiger partial charge in [0.25, 0.3) is 0 Å². The monoisotopic (exact) mass is 286 g/mol. The van der Waals surface area contributed by atoms with Gasteiger partial charge in [0.1, 0.15) is 0 Å². The quantitative estimate of drug-likeness (QED) is 0.845. The average Bonchev–Trinajstić information content (AvgIpc) is 2.30. The number of hydrogen-bond donors (Lipinski definition) is 2. The first-order valence-corrected chi connectivity index (χ1v) is 6.12. The van der Waals surface area contributed by atoms with E-state index in [0.29, 0.717) is 13.2 Å². The van der Waals surface area contributed by atoms with Gasteiger partial charge in [-0.1, -0.05) is 12.1 Å². The molecule has 0 amide bonds. The van der Waals surface area contributed by atoms with Crippen LogP contribution in [0.2, 0.25) is 0 Å². The number of rotatable bonds is 6. The Kier molecular flexibility index (Phi) is 5.25. The minimum absolute atomic E-state index is 0.139. The Labute approximate surface area is 105 Å². The Bertz CT molecular complexity index is 333. The number of nitrogens with two attached hydrogens (primary N) is 1. The Hall–Kier alpha value is -0.580. The van der Waals surface area contributed by atoms with E-state index in [1.54, 1.807) is 7.11 Å². The lowest BCUT2D eigenvalue weighted by molar-refractivity contribution is 0.177. The van der Waals surface area contributed by atoms with Crippen LogP contribution in [0.3, 0.4) is 0 Å². The zero-order valence-corrected chi connectivity index (χ0v) is 11.4. The number of para-hydroxylation sites is 1. The highest BCUT2D eigenvalue weighted by molar-refractivity contribution is 9.10. The zero-order chi connectivity index (χ0) is 12.0. The van der Waals surface area contributed by atoms with E-state index in [-0.39, 0.29) is 5.54 Å². The molecule has 0 spiro atoms. The molecule has 90 valence electrons. The summed E-state index contributed by atoms with van der Waals surface area (Å²) in [4.78, 5) is 0. The molecule has 0 bridgehead atoms. The normalized spacial score (nSPS) is 14.5. The molecule has 1 aromatic carbocycles. The van der Waals surface area contributed by atoms with Crippen molar-refractivity contribution in [1.82, 2.24) is 0 Å². The van der Waals surface area contributed by atoms with Crippen LogP contribution in [0.5, 0.6) is 0 Å². The van der Waals surface area contributed by atoms with Crippen molar-refractivity contribution >= 4 is 21.6 Å². The second-order valence-corrected chi connectivity index (χ2v) is 4.97. The van der Waals surface area contributed by atoms with Crippen LogP contribution in [0.25, 0.3) is 0 Å². The van der Waals surface area contributed by atoms with Gasteiger partial charge >= 0.3 is 0 Å². The fourth-order valence-electron chi connectivity index (χ4n) is 1.43. The largest absolute Gasteiger partial charge is 0.385 e. The molecule has 0 fully saturated rings. The molecule has 0 heterocycles. The maximum Gasteiger partial charge on any atom is 0.0489 e. The SMILES string of the molecule is COCCC(C)(CN)Nc1ccccc1Br. The Morgan fingerprint density at radius 1 is 1.44 bits per heavy atom. The van der Waals surface area contributed by atoms with Crippen LogP contribution in [0, 0.1) is 0 Å². The summed E-state index contributed by atoms with van der Waals surface area (Å²) in [5, 5.41) is 3.46. The van der Waals surface area contributed by atoms with Crippen molar-refractivity contribution in [3.63, 3.8) is 0 Å². The topological polar surface area (TPSA) is 47.3 Å². The molecule has 0 aliphatic rings. The van der Waals surface area contributed by atoms with E-state index in [9.17, 15) is 0 Å². The van der Waals surface area contributed by atoms with Gasteiger partial charge < -0.3 is 15.8 Å². The Balaban J connectivity index is 2.72. The van der Waals surface area contributed by atoms with Crippen molar-refractivity contribution in [3.8, 4) is 0 Å². The molecular weight excluding hydrogens is 268 g/mol. The summed E-state index contributed by atoms with van der Waals surface area (Å²) in [6.07, 6.45) is 0.876. The fourth-order valence-corrected chi connectivity index (χ4v) is 1.81. The molecule has 3 nitrogen and oxygen atoms in total. The lowest BCUT2D eigenvalue weighted by Crippen LogP contribution is -2.43.